The maximum Gasteiger partial charge on any atom is 0.303 e. The number of hydrogen-bond donors (Lipinski definition) is 1. The van der Waals surface area contributed by atoms with Crippen molar-refractivity contribution in [2.24, 2.45) is 0 Å². The van der Waals surface area contributed by atoms with E-state index in [1.807, 2.05) is 67.0 Å². The van der Waals surface area contributed by atoms with Crippen molar-refractivity contribution in [2.45, 2.75) is 32.2 Å². The van der Waals surface area contributed by atoms with Crippen molar-refractivity contribution in [3.05, 3.63) is 119 Å². The van der Waals surface area contributed by atoms with Crippen LogP contribution in [0.2, 0.25) is 0 Å². The maximum atomic E-state index is 12.7. The minimum Gasteiger partial charge on any atom is -0.494 e. The van der Waals surface area contributed by atoms with Gasteiger partial charge in [-0.15, -0.1) is 0 Å². The number of rotatable bonds is 11. The summed E-state index contributed by atoms with van der Waals surface area (Å²) in [5, 5.41) is 9.86. The summed E-state index contributed by atoms with van der Waals surface area (Å²) in [5.74, 6) is -0.0858. The number of carboxylic acid groups (broad SMARTS) is 1. The number of aliphatic carboxylic acids is 1. The van der Waals surface area contributed by atoms with Crippen molar-refractivity contribution < 1.29 is 14.6 Å². The lowest BCUT2D eigenvalue weighted by molar-refractivity contribution is -0.137. The molecular weight excluding hydrogens is 488 g/mol. The summed E-state index contributed by atoms with van der Waals surface area (Å²) in [7, 11) is 0. The van der Waals surface area contributed by atoms with Crippen molar-refractivity contribution in [3.8, 4) is 28.0 Å². The SMILES string of the molecule is O=C(O)CCCOc1cccc(CCCn2cc(-c3ccccc3-c3cccc4cccnc34)ccc2=O)c1. The second kappa shape index (κ2) is 12.2. The van der Waals surface area contributed by atoms with Gasteiger partial charge in [0.1, 0.15) is 5.75 Å². The molecule has 0 unspecified atom stereocenters. The Morgan fingerprint density at radius 2 is 1.64 bits per heavy atom. The van der Waals surface area contributed by atoms with Crippen LogP contribution in [0.15, 0.2) is 108 Å². The molecule has 0 fully saturated rings. The van der Waals surface area contributed by atoms with Gasteiger partial charge < -0.3 is 14.4 Å². The van der Waals surface area contributed by atoms with E-state index in [0.29, 0.717) is 19.6 Å². The van der Waals surface area contributed by atoms with E-state index in [0.717, 1.165) is 57.3 Å². The average molecular weight is 519 g/mol. The van der Waals surface area contributed by atoms with Crippen LogP contribution in [0.1, 0.15) is 24.8 Å². The molecule has 2 heterocycles. The van der Waals surface area contributed by atoms with Gasteiger partial charge in [-0.2, -0.15) is 0 Å². The molecule has 6 heteroatoms. The first-order chi connectivity index (χ1) is 19.1. The first-order valence-corrected chi connectivity index (χ1v) is 13.2. The summed E-state index contributed by atoms with van der Waals surface area (Å²) in [6.07, 6.45) is 5.91. The highest BCUT2D eigenvalue weighted by Crippen LogP contribution is 2.35. The zero-order chi connectivity index (χ0) is 27.0. The number of carbonyl (C=O) groups is 1. The summed E-state index contributed by atoms with van der Waals surface area (Å²) in [6, 6.07) is 29.8. The number of ether oxygens (including phenoxy) is 1. The molecule has 0 atom stereocenters. The van der Waals surface area contributed by atoms with E-state index in [4.69, 9.17) is 9.84 Å². The van der Waals surface area contributed by atoms with Gasteiger partial charge in [-0.25, -0.2) is 0 Å². The van der Waals surface area contributed by atoms with Crippen LogP contribution in [0.5, 0.6) is 5.75 Å². The molecule has 39 heavy (non-hydrogen) atoms. The van der Waals surface area contributed by atoms with Gasteiger partial charge in [-0.3, -0.25) is 14.6 Å². The fourth-order valence-corrected chi connectivity index (χ4v) is 4.81. The second-order valence-electron chi connectivity index (χ2n) is 9.47. The van der Waals surface area contributed by atoms with Crippen molar-refractivity contribution in [2.75, 3.05) is 6.61 Å². The van der Waals surface area contributed by atoms with Crippen LogP contribution in [0.3, 0.4) is 0 Å². The fraction of sp³-hybridized carbons (Fsp3) is 0.182. The lowest BCUT2D eigenvalue weighted by Gasteiger charge is -2.14. The number of aryl methyl sites for hydroxylation is 2. The van der Waals surface area contributed by atoms with Crippen LogP contribution in [-0.4, -0.2) is 27.2 Å². The fourth-order valence-electron chi connectivity index (χ4n) is 4.81. The van der Waals surface area contributed by atoms with Crippen molar-refractivity contribution in [3.63, 3.8) is 0 Å². The molecule has 1 N–H and O–H groups in total. The van der Waals surface area contributed by atoms with Crippen molar-refractivity contribution in [1.82, 2.24) is 9.55 Å². The molecule has 0 spiro atoms. The molecule has 3 aromatic carbocycles. The molecule has 5 rings (SSSR count). The second-order valence-corrected chi connectivity index (χ2v) is 9.47. The van der Waals surface area contributed by atoms with Gasteiger partial charge in [-0.1, -0.05) is 60.7 Å². The third kappa shape index (κ3) is 6.41. The molecule has 0 radical (unpaired) electrons. The first-order valence-electron chi connectivity index (χ1n) is 13.2. The van der Waals surface area contributed by atoms with E-state index in [1.54, 1.807) is 10.6 Å². The zero-order valence-corrected chi connectivity index (χ0v) is 21.6. The summed E-state index contributed by atoms with van der Waals surface area (Å²) < 4.78 is 7.47. The van der Waals surface area contributed by atoms with E-state index >= 15 is 0 Å². The maximum absolute atomic E-state index is 12.7. The van der Waals surface area contributed by atoms with Crippen LogP contribution in [0.25, 0.3) is 33.2 Å². The standard InChI is InChI=1S/C33H30N2O4/c36-31-18-17-26(28-13-1-2-14-29(28)30-15-4-10-25-11-5-19-34-33(25)30)23-35(31)20-6-9-24-8-3-12-27(22-24)39-21-7-16-32(37)38/h1-5,8,10-15,17-19,22-23H,6-7,9,16,20-21H2,(H,37,38). The number of pyridine rings is 2. The molecular formula is C33H30N2O4. The monoisotopic (exact) mass is 518 g/mol. The molecule has 6 nitrogen and oxygen atoms in total. The quantitative estimate of drug-likeness (QED) is 0.199. The Kier molecular flexibility index (Phi) is 8.12. The number of para-hydroxylation sites is 1. The summed E-state index contributed by atoms with van der Waals surface area (Å²) in [4.78, 5) is 28.0. The van der Waals surface area contributed by atoms with Gasteiger partial charge in [-0.05, 0) is 65.8 Å². The molecule has 0 aliphatic carbocycles. The highest BCUT2D eigenvalue weighted by molar-refractivity contribution is 5.97. The van der Waals surface area contributed by atoms with Crippen molar-refractivity contribution in [1.29, 1.82) is 0 Å². The summed E-state index contributed by atoms with van der Waals surface area (Å²) >= 11 is 0. The van der Waals surface area contributed by atoms with E-state index in [9.17, 15) is 9.59 Å². The van der Waals surface area contributed by atoms with Gasteiger partial charge in [0.25, 0.3) is 5.56 Å². The van der Waals surface area contributed by atoms with E-state index in [-0.39, 0.29) is 12.0 Å². The minimum atomic E-state index is -0.819. The lowest BCUT2D eigenvalue weighted by atomic mass is 9.94. The third-order valence-corrected chi connectivity index (χ3v) is 6.71. The highest BCUT2D eigenvalue weighted by Gasteiger charge is 2.12. The van der Waals surface area contributed by atoms with Crippen LogP contribution in [0, 0.1) is 0 Å². The predicted molar refractivity (Wildman–Crippen MR) is 154 cm³/mol. The minimum absolute atomic E-state index is 0.0291. The van der Waals surface area contributed by atoms with Crippen LogP contribution in [0.4, 0.5) is 0 Å². The normalized spacial score (nSPS) is 11.0. The molecule has 5 aromatic rings. The predicted octanol–water partition coefficient (Wildman–Crippen LogP) is 6.61. The highest BCUT2D eigenvalue weighted by atomic mass is 16.5. The number of benzene rings is 3. The third-order valence-electron chi connectivity index (χ3n) is 6.71. The molecule has 0 amide bonds. The largest absolute Gasteiger partial charge is 0.494 e. The molecule has 0 aliphatic heterocycles. The Balaban J connectivity index is 1.31. The van der Waals surface area contributed by atoms with Gasteiger partial charge in [0.15, 0.2) is 0 Å². The van der Waals surface area contributed by atoms with Gasteiger partial charge >= 0.3 is 5.97 Å². The Bertz CT molecular complexity index is 1650. The van der Waals surface area contributed by atoms with Crippen LogP contribution >= 0.6 is 0 Å². The van der Waals surface area contributed by atoms with Gasteiger partial charge in [0.2, 0.25) is 0 Å². The van der Waals surface area contributed by atoms with Crippen LogP contribution < -0.4 is 10.3 Å². The molecule has 196 valence electrons. The zero-order valence-electron chi connectivity index (χ0n) is 21.6. The van der Waals surface area contributed by atoms with E-state index in [2.05, 4.69) is 35.3 Å². The van der Waals surface area contributed by atoms with E-state index < -0.39 is 5.97 Å². The Labute approximate surface area is 227 Å². The molecule has 0 saturated carbocycles. The Morgan fingerprint density at radius 3 is 2.51 bits per heavy atom. The smallest absolute Gasteiger partial charge is 0.303 e. The molecule has 0 aliphatic rings. The summed E-state index contributed by atoms with van der Waals surface area (Å²) in [6.45, 7) is 0.961. The van der Waals surface area contributed by atoms with Gasteiger partial charge in [0, 0.05) is 42.4 Å². The Hall–Kier alpha value is -4.71. The number of fused-ring (bicyclic) bond motifs is 1. The molecule has 2 aromatic heterocycles. The first kappa shape index (κ1) is 25.9. The average Bonchev–Trinajstić information content (AvgIpc) is 2.96. The topological polar surface area (TPSA) is 81.4 Å². The molecule has 0 bridgehead atoms. The van der Waals surface area contributed by atoms with Crippen LogP contribution in [-0.2, 0) is 17.8 Å². The summed E-state index contributed by atoms with van der Waals surface area (Å²) in [5.41, 5.74) is 6.21. The van der Waals surface area contributed by atoms with Gasteiger partial charge in [0.05, 0.1) is 12.1 Å². The number of nitrogens with zero attached hydrogens (tertiary/aromatic N) is 2. The number of hydrogen-bond acceptors (Lipinski definition) is 4. The van der Waals surface area contributed by atoms with E-state index in [1.165, 1.54) is 0 Å². The molecule has 0 saturated heterocycles. The number of aromatic nitrogens is 2. The lowest BCUT2D eigenvalue weighted by Crippen LogP contribution is -2.19. The van der Waals surface area contributed by atoms with Crippen molar-refractivity contribution >= 4 is 16.9 Å². The Morgan fingerprint density at radius 1 is 0.846 bits per heavy atom. The number of carboxylic acids is 1.